The summed E-state index contributed by atoms with van der Waals surface area (Å²) in [6.45, 7) is 4.89. The summed E-state index contributed by atoms with van der Waals surface area (Å²) >= 11 is 0. The number of nitrogens with one attached hydrogen (secondary N) is 1. The second kappa shape index (κ2) is 10.4. The van der Waals surface area contributed by atoms with Crippen LogP contribution in [0.1, 0.15) is 52.7 Å². The average molecular weight is 522 g/mol. The van der Waals surface area contributed by atoms with Crippen molar-refractivity contribution in [1.29, 1.82) is 0 Å². The highest BCUT2D eigenvalue weighted by molar-refractivity contribution is 5.96. The highest BCUT2D eigenvalue weighted by atomic mass is 16.2. The molecule has 3 heterocycles. The van der Waals surface area contributed by atoms with Gasteiger partial charge in [0.25, 0.3) is 5.91 Å². The van der Waals surface area contributed by atoms with Crippen LogP contribution in [0.15, 0.2) is 48.8 Å². The number of Topliss-reactive ketones (excluding diaryl/α,β-unsaturated/α-hetero) is 1. The molecule has 1 aliphatic carbocycles. The van der Waals surface area contributed by atoms with Gasteiger partial charge in [0.1, 0.15) is 11.3 Å². The van der Waals surface area contributed by atoms with Crippen molar-refractivity contribution in [3.05, 3.63) is 71.0 Å². The van der Waals surface area contributed by atoms with Gasteiger partial charge in [0.05, 0.1) is 11.9 Å². The fraction of sp³-hybridized carbons (Fsp3) is 0.375. The van der Waals surface area contributed by atoms with Crippen molar-refractivity contribution in [1.82, 2.24) is 24.8 Å². The first-order valence-electron chi connectivity index (χ1n) is 13.9. The van der Waals surface area contributed by atoms with Crippen LogP contribution in [0.5, 0.6) is 0 Å². The first kappa shape index (κ1) is 25.4. The van der Waals surface area contributed by atoms with Crippen LogP contribution in [-0.4, -0.2) is 63.6 Å². The van der Waals surface area contributed by atoms with E-state index in [2.05, 4.69) is 33.9 Å². The Morgan fingerprint density at radius 1 is 1.10 bits per heavy atom. The third kappa shape index (κ3) is 5.36. The number of aromatic amines is 1. The van der Waals surface area contributed by atoms with Crippen LogP contribution < -0.4 is 0 Å². The van der Waals surface area contributed by atoms with Crippen LogP contribution in [0.25, 0.3) is 33.5 Å². The predicted molar refractivity (Wildman–Crippen MR) is 153 cm³/mol. The SMILES string of the molecule is Cc1cc(-c2cnc3[nH]cc(-c4ccc(C(=O)N(C)C)cc4)c3n2)cc2c1CCN(CCC(=O)CC1CC1)C2. The lowest BCUT2D eigenvalue weighted by atomic mass is 9.92. The molecule has 0 atom stereocenters. The van der Waals surface area contributed by atoms with E-state index in [4.69, 9.17) is 4.98 Å². The number of aryl methyl sites for hydroxylation is 1. The van der Waals surface area contributed by atoms with Crippen molar-refractivity contribution in [3.8, 4) is 22.4 Å². The summed E-state index contributed by atoms with van der Waals surface area (Å²) in [6.07, 6.45) is 8.66. The third-order valence-corrected chi connectivity index (χ3v) is 8.08. The van der Waals surface area contributed by atoms with Gasteiger partial charge >= 0.3 is 0 Å². The number of amides is 1. The minimum atomic E-state index is -0.0197. The number of ketones is 1. The van der Waals surface area contributed by atoms with Gasteiger partial charge in [-0.1, -0.05) is 12.1 Å². The monoisotopic (exact) mass is 521 g/mol. The van der Waals surface area contributed by atoms with Gasteiger partial charge in [0, 0.05) is 69.5 Å². The lowest BCUT2D eigenvalue weighted by Crippen LogP contribution is -2.32. The number of H-pyrrole nitrogens is 1. The maximum Gasteiger partial charge on any atom is 0.253 e. The van der Waals surface area contributed by atoms with Crippen LogP contribution >= 0.6 is 0 Å². The minimum absolute atomic E-state index is 0.0197. The Balaban J connectivity index is 1.25. The quantitative estimate of drug-likeness (QED) is 0.335. The van der Waals surface area contributed by atoms with Crippen molar-refractivity contribution in [2.24, 2.45) is 5.92 Å². The minimum Gasteiger partial charge on any atom is -0.345 e. The van der Waals surface area contributed by atoms with Crippen molar-refractivity contribution in [2.45, 2.75) is 45.6 Å². The summed E-state index contributed by atoms with van der Waals surface area (Å²) in [5.74, 6) is 1.06. The van der Waals surface area contributed by atoms with Crippen LogP contribution in [0.3, 0.4) is 0 Å². The molecule has 2 aliphatic rings. The Hall–Kier alpha value is -3.84. The molecule has 7 nitrogen and oxygen atoms in total. The molecule has 0 bridgehead atoms. The molecule has 6 rings (SSSR count). The Morgan fingerprint density at radius 3 is 2.64 bits per heavy atom. The molecule has 1 amide bonds. The number of aromatic nitrogens is 3. The fourth-order valence-electron chi connectivity index (χ4n) is 5.65. The Kier molecular flexibility index (Phi) is 6.77. The zero-order chi connectivity index (χ0) is 27.1. The number of hydrogen-bond acceptors (Lipinski definition) is 5. The molecule has 39 heavy (non-hydrogen) atoms. The molecule has 0 unspecified atom stereocenters. The summed E-state index contributed by atoms with van der Waals surface area (Å²) < 4.78 is 0. The zero-order valence-corrected chi connectivity index (χ0v) is 23.0. The highest BCUT2D eigenvalue weighted by Crippen LogP contribution is 2.34. The van der Waals surface area contributed by atoms with Gasteiger partial charge in [-0.25, -0.2) is 9.97 Å². The number of hydrogen-bond donors (Lipinski definition) is 1. The second-order valence-corrected chi connectivity index (χ2v) is 11.3. The van der Waals surface area contributed by atoms with E-state index in [-0.39, 0.29) is 5.91 Å². The lowest BCUT2D eigenvalue weighted by Gasteiger charge is -2.30. The maximum absolute atomic E-state index is 12.3. The number of carbonyl (C=O) groups is 2. The van der Waals surface area contributed by atoms with Gasteiger partial charge in [-0.3, -0.25) is 14.5 Å². The lowest BCUT2D eigenvalue weighted by molar-refractivity contribution is -0.119. The highest BCUT2D eigenvalue weighted by Gasteiger charge is 2.25. The van der Waals surface area contributed by atoms with Gasteiger partial charge < -0.3 is 9.88 Å². The first-order chi connectivity index (χ1) is 18.9. The van der Waals surface area contributed by atoms with Crippen LogP contribution in [0.4, 0.5) is 0 Å². The Labute approximate surface area is 229 Å². The van der Waals surface area contributed by atoms with E-state index in [9.17, 15) is 9.59 Å². The van der Waals surface area contributed by atoms with E-state index < -0.39 is 0 Å². The molecule has 2 aromatic carbocycles. The van der Waals surface area contributed by atoms with Crippen LogP contribution in [0, 0.1) is 12.8 Å². The molecule has 0 saturated heterocycles. The summed E-state index contributed by atoms with van der Waals surface area (Å²) in [6, 6.07) is 12.1. The second-order valence-electron chi connectivity index (χ2n) is 11.3. The van der Waals surface area contributed by atoms with E-state index in [0.29, 0.717) is 23.7 Å². The summed E-state index contributed by atoms with van der Waals surface area (Å²) in [4.78, 5) is 41.6. The van der Waals surface area contributed by atoms with Gasteiger partial charge in [-0.15, -0.1) is 0 Å². The summed E-state index contributed by atoms with van der Waals surface area (Å²) in [5.41, 5.74) is 10.1. The van der Waals surface area contributed by atoms with E-state index in [0.717, 1.165) is 66.0 Å². The molecular weight excluding hydrogens is 486 g/mol. The average Bonchev–Trinajstić information content (AvgIpc) is 3.65. The number of benzene rings is 2. The van der Waals surface area contributed by atoms with Gasteiger partial charge in [-0.05, 0) is 78.6 Å². The molecular formula is C32H35N5O2. The van der Waals surface area contributed by atoms with Crippen LogP contribution in [-0.2, 0) is 17.8 Å². The van der Waals surface area contributed by atoms with Gasteiger partial charge in [0.2, 0.25) is 0 Å². The van der Waals surface area contributed by atoms with Crippen molar-refractivity contribution >= 4 is 22.9 Å². The number of nitrogens with zero attached hydrogens (tertiary/aromatic N) is 4. The number of carbonyl (C=O) groups excluding carboxylic acids is 2. The molecule has 0 spiro atoms. The smallest absolute Gasteiger partial charge is 0.253 e. The van der Waals surface area contributed by atoms with E-state index >= 15 is 0 Å². The maximum atomic E-state index is 12.3. The standard InChI is InChI=1S/C32H35N5O2/c1-20-14-24(16-25-19-37(13-11-27(20)25)12-10-26(38)15-21-4-5-21)29-18-34-31-30(35-29)28(17-33-31)22-6-8-23(9-7-22)32(39)36(2)3/h6-9,14,16-18,21H,4-5,10-13,15,19H2,1-3H3,(H,33,34). The molecule has 1 aliphatic heterocycles. The van der Waals surface area contributed by atoms with Gasteiger partial charge in [0.15, 0.2) is 5.65 Å². The van der Waals surface area contributed by atoms with Gasteiger partial charge in [-0.2, -0.15) is 0 Å². The van der Waals surface area contributed by atoms with Crippen molar-refractivity contribution in [3.63, 3.8) is 0 Å². The Bertz CT molecular complexity index is 1550. The molecule has 1 N–H and O–H groups in total. The number of fused-ring (bicyclic) bond motifs is 2. The molecule has 0 radical (unpaired) electrons. The fourth-order valence-corrected chi connectivity index (χ4v) is 5.65. The van der Waals surface area contributed by atoms with E-state index in [1.54, 1.807) is 19.0 Å². The van der Waals surface area contributed by atoms with E-state index in [1.807, 2.05) is 36.7 Å². The predicted octanol–water partition coefficient (Wildman–Crippen LogP) is 5.42. The summed E-state index contributed by atoms with van der Waals surface area (Å²) in [7, 11) is 3.51. The van der Waals surface area contributed by atoms with E-state index in [1.165, 1.54) is 29.5 Å². The zero-order valence-electron chi connectivity index (χ0n) is 23.0. The normalized spacial score (nSPS) is 15.4. The molecule has 7 heteroatoms. The molecule has 4 aromatic rings. The van der Waals surface area contributed by atoms with Crippen molar-refractivity contribution < 1.29 is 9.59 Å². The molecule has 1 saturated carbocycles. The molecule has 1 fully saturated rings. The van der Waals surface area contributed by atoms with Crippen LogP contribution in [0.2, 0.25) is 0 Å². The van der Waals surface area contributed by atoms with Crippen molar-refractivity contribution in [2.75, 3.05) is 27.2 Å². The third-order valence-electron chi connectivity index (χ3n) is 8.08. The summed E-state index contributed by atoms with van der Waals surface area (Å²) in [5, 5.41) is 0. The largest absolute Gasteiger partial charge is 0.345 e. The molecule has 200 valence electrons. The Morgan fingerprint density at radius 2 is 1.90 bits per heavy atom. The molecule has 2 aromatic heterocycles. The first-order valence-corrected chi connectivity index (χ1v) is 13.9. The topological polar surface area (TPSA) is 82.2 Å². The number of rotatable bonds is 8.